The van der Waals surface area contributed by atoms with Gasteiger partial charge in [-0.15, -0.1) is 0 Å². The maximum atomic E-state index is 11.1. The Morgan fingerprint density at radius 1 is 1.25 bits per heavy atom. The molecule has 0 spiro atoms. The number of ether oxygens (including phenoxy) is 2. The summed E-state index contributed by atoms with van der Waals surface area (Å²) >= 11 is 0. The number of rotatable bonds is 3. The highest BCUT2D eigenvalue weighted by Crippen LogP contribution is 2.18. The van der Waals surface area contributed by atoms with E-state index in [1.165, 1.54) is 19.1 Å². The Morgan fingerprint density at radius 2 is 1.94 bits per heavy atom. The Bertz CT molecular complexity index is 421. The molecule has 0 N–H and O–H groups in total. The molecule has 4 heteroatoms. The highest BCUT2D eigenvalue weighted by atomic mass is 16.6. The Hall–Kier alpha value is -2.10. The molecule has 1 rings (SSSR count). The first-order valence-corrected chi connectivity index (χ1v) is 4.67. The van der Waals surface area contributed by atoms with Crippen LogP contribution < -0.4 is 4.74 Å². The van der Waals surface area contributed by atoms with Gasteiger partial charge >= 0.3 is 11.9 Å². The lowest BCUT2D eigenvalue weighted by molar-refractivity contribution is -0.154. The van der Waals surface area contributed by atoms with E-state index < -0.39 is 11.9 Å². The van der Waals surface area contributed by atoms with Crippen molar-refractivity contribution in [3.8, 4) is 5.75 Å². The quantitative estimate of drug-likeness (QED) is 0.443. The second-order valence-corrected chi connectivity index (χ2v) is 2.99. The number of carbonyl (C=O) groups excluding carboxylic acids is 2. The fourth-order valence-corrected chi connectivity index (χ4v) is 1.14. The van der Waals surface area contributed by atoms with Crippen molar-refractivity contribution in [3.63, 3.8) is 0 Å². The molecule has 84 valence electrons. The summed E-state index contributed by atoms with van der Waals surface area (Å²) in [5.74, 6) is -0.678. The minimum Gasteiger partial charge on any atom is -0.496 e. The maximum Gasteiger partial charge on any atom is 0.338 e. The smallest absolute Gasteiger partial charge is 0.338 e. The molecule has 1 aromatic carbocycles. The minimum atomic E-state index is -0.696. The van der Waals surface area contributed by atoms with Gasteiger partial charge in [-0.3, -0.25) is 4.79 Å². The molecule has 0 fully saturated rings. The van der Waals surface area contributed by atoms with Crippen molar-refractivity contribution in [2.45, 2.75) is 6.92 Å². The highest BCUT2D eigenvalue weighted by molar-refractivity contribution is 5.94. The number of carbonyl (C=O) groups is 2. The molecule has 16 heavy (non-hydrogen) atoms. The van der Waals surface area contributed by atoms with Crippen molar-refractivity contribution in [2.75, 3.05) is 7.11 Å². The molecule has 0 atom stereocenters. The second-order valence-electron chi connectivity index (χ2n) is 2.99. The van der Waals surface area contributed by atoms with Crippen molar-refractivity contribution in [1.82, 2.24) is 0 Å². The van der Waals surface area contributed by atoms with E-state index in [2.05, 4.69) is 4.74 Å². The summed E-state index contributed by atoms with van der Waals surface area (Å²) in [6.45, 7) is 1.18. The molecule has 4 nitrogen and oxygen atoms in total. The van der Waals surface area contributed by atoms with Crippen LogP contribution in [0.5, 0.6) is 5.75 Å². The van der Waals surface area contributed by atoms with Crippen LogP contribution in [0.1, 0.15) is 12.5 Å². The number of hydrogen-bond donors (Lipinski definition) is 0. The zero-order chi connectivity index (χ0) is 12.0. The monoisotopic (exact) mass is 220 g/mol. The highest BCUT2D eigenvalue weighted by Gasteiger charge is 2.02. The predicted molar refractivity (Wildman–Crippen MR) is 58.8 cm³/mol. The van der Waals surface area contributed by atoms with Gasteiger partial charge in [-0.25, -0.2) is 4.79 Å². The van der Waals surface area contributed by atoms with Gasteiger partial charge in [0.15, 0.2) is 0 Å². The van der Waals surface area contributed by atoms with E-state index in [1.54, 1.807) is 19.2 Å². The van der Waals surface area contributed by atoms with E-state index in [0.29, 0.717) is 5.75 Å². The third-order valence-electron chi connectivity index (χ3n) is 1.78. The van der Waals surface area contributed by atoms with Gasteiger partial charge in [-0.1, -0.05) is 18.2 Å². The first kappa shape index (κ1) is 12.0. The molecule has 0 aromatic heterocycles. The molecular formula is C12H12O4. The second kappa shape index (κ2) is 5.70. The van der Waals surface area contributed by atoms with Gasteiger partial charge in [-0.05, 0) is 12.1 Å². The van der Waals surface area contributed by atoms with Crippen molar-refractivity contribution >= 4 is 18.0 Å². The van der Waals surface area contributed by atoms with E-state index >= 15 is 0 Å². The lowest BCUT2D eigenvalue weighted by Crippen LogP contribution is -2.05. The van der Waals surface area contributed by atoms with Crippen LogP contribution in [-0.4, -0.2) is 19.0 Å². The standard InChI is InChI=1S/C12H12O4/c1-9(13)16-12(14)8-7-10-5-3-4-6-11(10)15-2/h3-8H,1-2H3/b8-7+. The van der Waals surface area contributed by atoms with Gasteiger partial charge < -0.3 is 9.47 Å². The zero-order valence-corrected chi connectivity index (χ0v) is 9.10. The molecule has 0 aliphatic carbocycles. The SMILES string of the molecule is COc1ccccc1/C=C/C(=O)OC(C)=O. The van der Waals surface area contributed by atoms with Crippen LogP contribution in [0.25, 0.3) is 6.08 Å². The molecule has 0 saturated heterocycles. The summed E-state index contributed by atoms with van der Waals surface area (Å²) in [6, 6.07) is 7.20. The molecule has 1 aromatic rings. The largest absolute Gasteiger partial charge is 0.496 e. The van der Waals surface area contributed by atoms with Gasteiger partial charge in [0.05, 0.1) is 7.11 Å². The summed E-state index contributed by atoms with van der Waals surface area (Å²) in [6.07, 6.45) is 2.71. The summed E-state index contributed by atoms with van der Waals surface area (Å²) in [4.78, 5) is 21.5. The Morgan fingerprint density at radius 3 is 2.56 bits per heavy atom. The van der Waals surface area contributed by atoms with Gasteiger partial charge in [0.2, 0.25) is 0 Å². The van der Waals surface area contributed by atoms with Crippen LogP contribution in [0.3, 0.4) is 0 Å². The van der Waals surface area contributed by atoms with Crippen molar-refractivity contribution in [2.24, 2.45) is 0 Å². The summed E-state index contributed by atoms with van der Waals surface area (Å²) in [7, 11) is 1.54. The molecule has 0 radical (unpaired) electrons. The van der Waals surface area contributed by atoms with Crippen LogP contribution >= 0.6 is 0 Å². The molecule has 0 unspecified atom stereocenters. The van der Waals surface area contributed by atoms with E-state index in [1.807, 2.05) is 12.1 Å². The number of para-hydroxylation sites is 1. The normalized spacial score (nSPS) is 10.1. The molecule has 0 saturated carbocycles. The lowest BCUT2D eigenvalue weighted by atomic mass is 10.2. The number of methoxy groups -OCH3 is 1. The van der Waals surface area contributed by atoms with E-state index in [-0.39, 0.29) is 0 Å². The Balaban J connectivity index is 2.76. The summed E-state index contributed by atoms with van der Waals surface area (Å²) in [5.41, 5.74) is 0.741. The van der Waals surface area contributed by atoms with Crippen molar-refractivity contribution in [3.05, 3.63) is 35.9 Å². The maximum absolute atomic E-state index is 11.1. The van der Waals surface area contributed by atoms with Crippen LogP contribution in [0.4, 0.5) is 0 Å². The molecule has 0 heterocycles. The third kappa shape index (κ3) is 3.57. The molecule has 0 aliphatic heterocycles. The minimum absolute atomic E-state index is 0.630. The van der Waals surface area contributed by atoms with Crippen LogP contribution in [0, 0.1) is 0 Å². The average molecular weight is 220 g/mol. The topological polar surface area (TPSA) is 52.6 Å². The van der Waals surface area contributed by atoms with Gasteiger partial charge in [0, 0.05) is 18.6 Å². The van der Waals surface area contributed by atoms with Gasteiger partial charge in [0.25, 0.3) is 0 Å². The molecule has 0 amide bonds. The van der Waals surface area contributed by atoms with Crippen LogP contribution in [0.15, 0.2) is 30.3 Å². The summed E-state index contributed by atoms with van der Waals surface area (Å²) in [5, 5.41) is 0. The number of benzene rings is 1. The first-order valence-electron chi connectivity index (χ1n) is 4.67. The zero-order valence-electron chi connectivity index (χ0n) is 9.10. The third-order valence-corrected chi connectivity index (χ3v) is 1.78. The van der Waals surface area contributed by atoms with Crippen LogP contribution in [0.2, 0.25) is 0 Å². The fourth-order valence-electron chi connectivity index (χ4n) is 1.14. The molecule has 0 bridgehead atoms. The average Bonchev–Trinajstić information content (AvgIpc) is 2.26. The lowest BCUT2D eigenvalue weighted by Gasteiger charge is -2.02. The van der Waals surface area contributed by atoms with E-state index in [4.69, 9.17) is 4.74 Å². The number of esters is 2. The Labute approximate surface area is 93.5 Å². The van der Waals surface area contributed by atoms with Gasteiger partial charge in [0.1, 0.15) is 5.75 Å². The van der Waals surface area contributed by atoms with Crippen molar-refractivity contribution < 1.29 is 19.1 Å². The Kier molecular flexibility index (Phi) is 4.27. The van der Waals surface area contributed by atoms with E-state index in [0.717, 1.165) is 5.56 Å². The molecular weight excluding hydrogens is 208 g/mol. The van der Waals surface area contributed by atoms with Crippen molar-refractivity contribution in [1.29, 1.82) is 0 Å². The number of hydrogen-bond acceptors (Lipinski definition) is 4. The summed E-state index contributed by atoms with van der Waals surface area (Å²) < 4.78 is 9.43. The van der Waals surface area contributed by atoms with E-state index in [9.17, 15) is 9.59 Å². The van der Waals surface area contributed by atoms with Crippen LogP contribution in [-0.2, 0) is 14.3 Å². The fraction of sp³-hybridized carbons (Fsp3) is 0.167. The van der Waals surface area contributed by atoms with Gasteiger partial charge in [-0.2, -0.15) is 0 Å². The predicted octanol–water partition coefficient (Wildman–Crippen LogP) is 1.80. The molecule has 0 aliphatic rings. The first-order chi connectivity index (χ1) is 7.63.